The summed E-state index contributed by atoms with van der Waals surface area (Å²) in [5, 5.41) is 4.28. The van der Waals surface area contributed by atoms with E-state index in [9.17, 15) is 4.79 Å². The van der Waals surface area contributed by atoms with E-state index in [1.807, 2.05) is 61.5 Å². The molecule has 0 saturated carbocycles. The number of hydrogen-bond acceptors (Lipinski definition) is 3. The molecule has 0 fully saturated rings. The third-order valence-electron chi connectivity index (χ3n) is 3.64. The number of fused-ring (bicyclic) bond motifs is 1. The quantitative estimate of drug-likeness (QED) is 0.506. The van der Waals surface area contributed by atoms with E-state index >= 15 is 0 Å². The average molecular weight is 339 g/mol. The Hall–Kier alpha value is -2.86. The first-order valence-corrected chi connectivity index (χ1v) is 7.92. The van der Waals surface area contributed by atoms with E-state index in [2.05, 4.69) is 16.2 Å². The Morgan fingerprint density at radius 1 is 1.04 bits per heavy atom. The highest BCUT2D eigenvalue weighted by Gasteiger charge is 2.17. The highest BCUT2D eigenvalue weighted by molar-refractivity contribution is 7.80. The fourth-order valence-corrected chi connectivity index (χ4v) is 2.51. The van der Waals surface area contributed by atoms with Crippen LogP contribution in [0.15, 0.2) is 59.0 Å². The largest absolute Gasteiger partial charge is 0.451 e. The van der Waals surface area contributed by atoms with Gasteiger partial charge in [-0.05, 0) is 30.8 Å². The number of benzene rings is 2. The fourth-order valence-electron chi connectivity index (χ4n) is 2.38. The summed E-state index contributed by atoms with van der Waals surface area (Å²) in [5.74, 6) is -0.0953. The molecule has 0 aliphatic rings. The number of hydrogen-bond donors (Lipinski definition) is 3. The zero-order valence-corrected chi connectivity index (χ0v) is 13.9. The van der Waals surface area contributed by atoms with Gasteiger partial charge in [-0.1, -0.05) is 48.5 Å². The maximum atomic E-state index is 12.3. The predicted molar refractivity (Wildman–Crippen MR) is 97.4 cm³/mol. The Labute approximate surface area is 145 Å². The highest BCUT2D eigenvalue weighted by Crippen LogP contribution is 2.24. The number of hydrazine groups is 1. The van der Waals surface area contributed by atoms with Crippen molar-refractivity contribution in [3.63, 3.8) is 0 Å². The van der Waals surface area contributed by atoms with E-state index in [0.717, 1.165) is 16.5 Å². The maximum absolute atomic E-state index is 12.3. The van der Waals surface area contributed by atoms with Gasteiger partial charge in [-0.25, -0.2) is 0 Å². The van der Waals surface area contributed by atoms with E-state index in [4.69, 9.17) is 16.6 Å². The summed E-state index contributed by atoms with van der Waals surface area (Å²) in [6, 6.07) is 17.4. The second kappa shape index (κ2) is 7.14. The molecule has 3 rings (SSSR count). The van der Waals surface area contributed by atoms with Gasteiger partial charge in [0.15, 0.2) is 10.9 Å². The summed E-state index contributed by atoms with van der Waals surface area (Å²) in [4.78, 5) is 12.3. The molecule has 0 radical (unpaired) electrons. The van der Waals surface area contributed by atoms with Crippen molar-refractivity contribution in [2.75, 3.05) is 0 Å². The molecular formula is C18H17N3O2S. The van der Waals surface area contributed by atoms with Crippen molar-refractivity contribution < 1.29 is 9.21 Å². The molecule has 0 aliphatic carbocycles. The SMILES string of the molecule is Cc1c(C(=O)NNC(=S)NCc2ccccc2)oc2ccccc12. The summed E-state index contributed by atoms with van der Waals surface area (Å²) < 4.78 is 5.61. The molecular weight excluding hydrogens is 322 g/mol. The third-order valence-corrected chi connectivity index (χ3v) is 3.88. The summed E-state index contributed by atoms with van der Waals surface area (Å²) in [5.41, 5.74) is 7.82. The Balaban J connectivity index is 1.56. The first kappa shape index (κ1) is 16.0. The molecule has 1 heterocycles. The zero-order valence-electron chi connectivity index (χ0n) is 13.1. The normalized spacial score (nSPS) is 10.4. The van der Waals surface area contributed by atoms with Gasteiger partial charge in [0.2, 0.25) is 0 Å². The average Bonchev–Trinajstić information content (AvgIpc) is 2.96. The van der Waals surface area contributed by atoms with Crippen LogP contribution in [0.2, 0.25) is 0 Å². The molecule has 2 aromatic carbocycles. The number of para-hydroxylation sites is 1. The van der Waals surface area contributed by atoms with Crippen LogP contribution in [0.3, 0.4) is 0 Å². The van der Waals surface area contributed by atoms with E-state index in [-0.39, 0.29) is 11.7 Å². The van der Waals surface area contributed by atoms with Gasteiger partial charge in [-0.2, -0.15) is 0 Å². The summed E-state index contributed by atoms with van der Waals surface area (Å²) in [6.45, 7) is 2.43. The summed E-state index contributed by atoms with van der Waals surface area (Å²) in [7, 11) is 0. The van der Waals surface area contributed by atoms with Crippen molar-refractivity contribution in [2.45, 2.75) is 13.5 Å². The van der Waals surface area contributed by atoms with Crippen LogP contribution in [0.4, 0.5) is 0 Å². The van der Waals surface area contributed by atoms with Crippen LogP contribution < -0.4 is 16.2 Å². The lowest BCUT2D eigenvalue weighted by Gasteiger charge is -2.11. The topological polar surface area (TPSA) is 66.3 Å². The fraction of sp³-hybridized carbons (Fsp3) is 0.111. The van der Waals surface area contributed by atoms with Gasteiger partial charge in [0.1, 0.15) is 5.58 Å². The van der Waals surface area contributed by atoms with E-state index in [1.54, 1.807) is 0 Å². The number of rotatable bonds is 3. The van der Waals surface area contributed by atoms with Crippen LogP contribution in [0.1, 0.15) is 21.7 Å². The first-order valence-electron chi connectivity index (χ1n) is 7.51. The molecule has 6 heteroatoms. The van der Waals surface area contributed by atoms with Gasteiger partial charge in [-0.3, -0.25) is 15.6 Å². The highest BCUT2D eigenvalue weighted by atomic mass is 32.1. The minimum absolute atomic E-state index is 0.273. The second-order valence-electron chi connectivity index (χ2n) is 5.30. The smallest absolute Gasteiger partial charge is 0.305 e. The molecule has 1 amide bonds. The number of furan rings is 1. The van der Waals surface area contributed by atoms with Crippen molar-refractivity contribution in [2.24, 2.45) is 0 Å². The van der Waals surface area contributed by atoms with Gasteiger partial charge in [0.05, 0.1) is 0 Å². The minimum Gasteiger partial charge on any atom is -0.451 e. The van der Waals surface area contributed by atoms with Crippen molar-refractivity contribution in [1.29, 1.82) is 0 Å². The minimum atomic E-state index is -0.368. The van der Waals surface area contributed by atoms with E-state index < -0.39 is 0 Å². The molecule has 1 aromatic heterocycles. The Kier molecular flexibility index (Phi) is 4.77. The molecule has 0 spiro atoms. The van der Waals surface area contributed by atoms with Crippen LogP contribution in [0.25, 0.3) is 11.0 Å². The molecule has 0 atom stereocenters. The van der Waals surface area contributed by atoms with Crippen LogP contribution >= 0.6 is 12.2 Å². The first-order chi connectivity index (χ1) is 11.6. The van der Waals surface area contributed by atoms with Gasteiger partial charge in [0.25, 0.3) is 0 Å². The maximum Gasteiger partial charge on any atom is 0.305 e. The molecule has 5 nitrogen and oxygen atoms in total. The number of aryl methyl sites for hydroxylation is 1. The van der Waals surface area contributed by atoms with Gasteiger partial charge < -0.3 is 9.73 Å². The lowest BCUT2D eigenvalue weighted by molar-refractivity contribution is 0.0917. The van der Waals surface area contributed by atoms with Crippen LogP contribution in [0.5, 0.6) is 0 Å². The standard InChI is InChI=1S/C18H17N3O2S/c1-12-14-9-5-6-10-15(14)23-16(12)17(22)20-21-18(24)19-11-13-7-3-2-4-8-13/h2-10H,11H2,1H3,(H,20,22)(H2,19,21,24). The van der Waals surface area contributed by atoms with Crippen molar-refractivity contribution >= 4 is 34.2 Å². The number of nitrogens with one attached hydrogen (secondary N) is 3. The lowest BCUT2D eigenvalue weighted by atomic mass is 10.1. The molecule has 0 aliphatic heterocycles. The van der Waals surface area contributed by atoms with E-state index in [0.29, 0.717) is 17.2 Å². The van der Waals surface area contributed by atoms with Gasteiger partial charge in [-0.15, -0.1) is 0 Å². The van der Waals surface area contributed by atoms with Crippen LogP contribution in [-0.4, -0.2) is 11.0 Å². The molecule has 3 aromatic rings. The predicted octanol–water partition coefficient (Wildman–Crippen LogP) is 3.05. The van der Waals surface area contributed by atoms with Crippen molar-refractivity contribution in [1.82, 2.24) is 16.2 Å². The van der Waals surface area contributed by atoms with Crippen molar-refractivity contribution in [3.05, 3.63) is 71.5 Å². The molecule has 24 heavy (non-hydrogen) atoms. The van der Waals surface area contributed by atoms with Crippen LogP contribution in [0, 0.1) is 6.92 Å². The third kappa shape index (κ3) is 3.55. The molecule has 0 saturated heterocycles. The number of thiocarbonyl (C=S) groups is 1. The molecule has 122 valence electrons. The molecule has 3 N–H and O–H groups in total. The van der Waals surface area contributed by atoms with Gasteiger partial charge >= 0.3 is 5.91 Å². The van der Waals surface area contributed by atoms with Crippen LogP contribution in [-0.2, 0) is 6.54 Å². The number of amides is 1. The number of carbonyl (C=O) groups is 1. The monoisotopic (exact) mass is 339 g/mol. The summed E-state index contributed by atoms with van der Waals surface area (Å²) in [6.07, 6.45) is 0. The zero-order chi connectivity index (χ0) is 16.9. The second-order valence-corrected chi connectivity index (χ2v) is 5.71. The lowest BCUT2D eigenvalue weighted by Crippen LogP contribution is -2.46. The Bertz CT molecular complexity index is 874. The number of carbonyl (C=O) groups excluding carboxylic acids is 1. The molecule has 0 bridgehead atoms. The Morgan fingerprint density at radius 3 is 2.50 bits per heavy atom. The Morgan fingerprint density at radius 2 is 1.75 bits per heavy atom. The molecule has 0 unspecified atom stereocenters. The van der Waals surface area contributed by atoms with Gasteiger partial charge in [0, 0.05) is 17.5 Å². The van der Waals surface area contributed by atoms with E-state index in [1.165, 1.54) is 0 Å². The summed E-state index contributed by atoms with van der Waals surface area (Å²) >= 11 is 5.15. The van der Waals surface area contributed by atoms with Crippen molar-refractivity contribution in [3.8, 4) is 0 Å².